The van der Waals surface area contributed by atoms with Crippen LogP contribution in [0.3, 0.4) is 0 Å². The van der Waals surface area contributed by atoms with Crippen LogP contribution in [0, 0.1) is 0 Å². The Morgan fingerprint density at radius 2 is 0.635 bits per heavy atom. The van der Waals surface area contributed by atoms with E-state index in [-0.39, 0.29) is 0 Å². The van der Waals surface area contributed by atoms with Crippen LogP contribution < -0.4 is 4.90 Å². The van der Waals surface area contributed by atoms with Crippen LogP contribution >= 0.6 is 0 Å². The van der Waals surface area contributed by atoms with Gasteiger partial charge in [-0.25, -0.2) is 0 Å². The van der Waals surface area contributed by atoms with E-state index in [1.807, 2.05) is 0 Å². The van der Waals surface area contributed by atoms with Gasteiger partial charge in [0.15, 0.2) is 0 Å². The quantitative estimate of drug-likeness (QED) is 0.131. The summed E-state index contributed by atoms with van der Waals surface area (Å²) >= 11 is 0. The zero-order valence-electron chi connectivity index (χ0n) is 34.8. The average molecular weight is 802 g/mol. The first kappa shape index (κ1) is 37.7. The highest BCUT2D eigenvalue weighted by molar-refractivity contribution is 6.22. The van der Waals surface area contributed by atoms with Crippen LogP contribution in [0.5, 0.6) is 0 Å². The fourth-order valence-corrected chi connectivity index (χ4v) is 9.34. The molecule has 0 saturated heterocycles. The molecule has 0 bridgehead atoms. The number of para-hydroxylation sites is 1. The molecule has 1 nitrogen and oxygen atoms in total. The van der Waals surface area contributed by atoms with E-state index in [4.69, 9.17) is 0 Å². The summed E-state index contributed by atoms with van der Waals surface area (Å²) in [5.41, 5.74) is 17.7. The van der Waals surface area contributed by atoms with E-state index < -0.39 is 0 Å². The highest BCUT2D eigenvalue weighted by Crippen LogP contribution is 2.47. The smallest absolute Gasteiger partial charge is 0.0540 e. The Morgan fingerprint density at radius 1 is 0.206 bits per heavy atom. The van der Waals surface area contributed by atoms with Gasteiger partial charge in [0, 0.05) is 16.9 Å². The zero-order valence-corrected chi connectivity index (χ0v) is 34.8. The summed E-state index contributed by atoms with van der Waals surface area (Å²) in [6.45, 7) is 0. The minimum Gasteiger partial charge on any atom is -0.310 e. The lowest BCUT2D eigenvalue weighted by atomic mass is 9.84. The highest BCUT2D eigenvalue weighted by atomic mass is 15.1. The zero-order chi connectivity index (χ0) is 42.0. The van der Waals surface area contributed by atoms with E-state index in [9.17, 15) is 0 Å². The monoisotopic (exact) mass is 801 g/mol. The average Bonchev–Trinajstić information content (AvgIpc) is 3.37. The van der Waals surface area contributed by atoms with Crippen LogP contribution in [-0.2, 0) is 0 Å². The Bertz CT molecular complexity index is 3340. The fraction of sp³-hybridized carbons (Fsp3) is 0. The molecule has 0 aromatic heterocycles. The van der Waals surface area contributed by atoms with Gasteiger partial charge in [0.05, 0.1) is 5.69 Å². The SMILES string of the molecule is c1ccc(-c2ccc(N(c3ccc(-c4ccc5c(-c6ccccc6)c(-c6ccccc6)c6ccccc6c5c4)cc3)c3ccccc3-c3ccccc3)cc2-c2ccccc2)cc1. The van der Waals surface area contributed by atoms with Crippen molar-refractivity contribution in [3.63, 3.8) is 0 Å². The van der Waals surface area contributed by atoms with Gasteiger partial charge in [0.25, 0.3) is 0 Å². The third-order valence-corrected chi connectivity index (χ3v) is 12.3. The van der Waals surface area contributed by atoms with E-state index in [0.29, 0.717) is 0 Å². The summed E-state index contributed by atoms with van der Waals surface area (Å²) in [5.74, 6) is 0. The van der Waals surface area contributed by atoms with Crippen molar-refractivity contribution in [3.8, 4) is 66.8 Å². The van der Waals surface area contributed by atoms with Crippen LogP contribution in [-0.4, -0.2) is 0 Å². The van der Waals surface area contributed by atoms with E-state index in [2.05, 4.69) is 266 Å². The van der Waals surface area contributed by atoms with E-state index in [1.54, 1.807) is 0 Å². The van der Waals surface area contributed by atoms with Gasteiger partial charge < -0.3 is 4.90 Å². The van der Waals surface area contributed by atoms with Crippen LogP contribution in [0.4, 0.5) is 17.1 Å². The van der Waals surface area contributed by atoms with Crippen molar-refractivity contribution < 1.29 is 0 Å². The summed E-state index contributed by atoms with van der Waals surface area (Å²) in [4.78, 5) is 2.42. The molecular weight excluding hydrogens is 759 g/mol. The van der Waals surface area contributed by atoms with Crippen LogP contribution in [0.25, 0.3) is 88.3 Å². The third-order valence-electron chi connectivity index (χ3n) is 12.3. The summed E-state index contributed by atoms with van der Waals surface area (Å²) in [6.07, 6.45) is 0. The van der Waals surface area contributed by atoms with Gasteiger partial charge in [-0.15, -0.1) is 0 Å². The number of hydrogen-bond acceptors (Lipinski definition) is 1. The van der Waals surface area contributed by atoms with Crippen molar-refractivity contribution >= 4 is 38.6 Å². The maximum Gasteiger partial charge on any atom is 0.0540 e. The lowest BCUT2D eigenvalue weighted by molar-refractivity contribution is 1.28. The van der Waals surface area contributed by atoms with Gasteiger partial charge in [-0.1, -0.05) is 224 Å². The Kier molecular flexibility index (Phi) is 9.97. The number of rotatable bonds is 9. The Labute approximate surface area is 369 Å². The standard InChI is InChI=1S/C62H43N/c1-6-20-45(21-7-1)53-41-39-52(43-58(53)47-24-10-3-11-25-47)63(60-33-19-18-30-54(60)46-22-8-2-9-23-46)51-37-34-44(35-38-51)50-36-40-57-59(42-50)55-31-16-17-32-56(55)61(48-26-12-4-13-27-48)62(57)49-28-14-5-15-29-49/h1-43H. The van der Waals surface area contributed by atoms with E-state index >= 15 is 0 Å². The van der Waals surface area contributed by atoms with Gasteiger partial charge >= 0.3 is 0 Å². The number of nitrogens with zero attached hydrogens (tertiary/aromatic N) is 1. The molecular formula is C62H43N. The van der Waals surface area contributed by atoms with Crippen molar-refractivity contribution in [2.24, 2.45) is 0 Å². The molecule has 63 heavy (non-hydrogen) atoms. The lowest BCUT2D eigenvalue weighted by Crippen LogP contribution is -2.11. The van der Waals surface area contributed by atoms with Crippen LogP contribution in [0.1, 0.15) is 0 Å². The predicted octanol–water partition coefficient (Wildman–Crippen LogP) is 17.5. The Balaban J connectivity index is 1.08. The topological polar surface area (TPSA) is 3.24 Å². The number of anilines is 3. The molecule has 0 atom stereocenters. The number of benzene rings is 11. The summed E-state index contributed by atoms with van der Waals surface area (Å²) < 4.78 is 0. The minimum absolute atomic E-state index is 1.08. The first-order valence-corrected chi connectivity index (χ1v) is 21.7. The summed E-state index contributed by atoms with van der Waals surface area (Å²) in [6, 6.07) is 94.6. The highest BCUT2D eigenvalue weighted by Gasteiger charge is 2.21. The van der Waals surface area contributed by atoms with E-state index in [0.717, 1.165) is 17.1 Å². The molecule has 11 aromatic carbocycles. The second-order valence-electron chi connectivity index (χ2n) is 16.0. The van der Waals surface area contributed by atoms with Crippen molar-refractivity contribution in [1.82, 2.24) is 0 Å². The fourth-order valence-electron chi connectivity index (χ4n) is 9.34. The van der Waals surface area contributed by atoms with Crippen molar-refractivity contribution in [2.75, 3.05) is 4.90 Å². The molecule has 0 heterocycles. The summed E-state index contributed by atoms with van der Waals surface area (Å²) in [5, 5.41) is 5.00. The third kappa shape index (κ3) is 7.16. The molecule has 296 valence electrons. The number of fused-ring (bicyclic) bond motifs is 3. The van der Waals surface area contributed by atoms with E-state index in [1.165, 1.54) is 88.3 Å². The molecule has 0 saturated carbocycles. The van der Waals surface area contributed by atoms with Gasteiger partial charge in [0.1, 0.15) is 0 Å². The summed E-state index contributed by atoms with van der Waals surface area (Å²) in [7, 11) is 0. The largest absolute Gasteiger partial charge is 0.310 e. The van der Waals surface area contributed by atoms with Gasteiger partial charge in [-0.05, 0) is 119 Å². The van der Waals surface area contributed by atoms with Crippen LogP contribution in [0.15, 0.2) is 261 Å². The van der Waals surface area contributed by atoms with Crippen LogP contribution in [0.2, 0.25) is 0 Å². The molecule has 11 rings (SSSR count). The Morgan fingerprint density at radius 3 is 1.22 bits per heavy atom. The van der Waals surface area contributed by atoms with Gasteiger partial charge in [-0.3, -0.25) is 0 Å². The molecule has 0 aliphatic heterocycles. The molecule has 0 aliphatic rings. The maximum atomic E-state index is 2.42. The minimum atomic E-state index is 1.08. The first-order chi connectivity index (χ1) is 31.3. The predicted molar refractivity (Wildman–Crippen MR) is 269 cm³/mol. The second-order valence-corrected chi connectivity index (χ2v) is 16.0. The molecule has 0 radical (unpaired) electrons. The molecule has 0 fully saturated rings. The molecule has 0 N–H and O–H groups in total. The first-order valence-electron chi connectivity index (χ1n) is 21.7. The molecule has 1 heteroatoms. The lowest BCUT2D eigenvalue weighted by Gasteiger charge is -2.29. The molecule has 0 unspecified atom stereocenters. The molecule has 11 aromatic rings. The molecule has 0 amide bonds. The maximum absolute atomic E-state index is 2.42. The van der Waals surface area contributed by atoms with Gasteiger partial charge in [0.2, 0.25) is 0 Å². The second kappa shape index (κ2) is 16.7. The van der Waals surface area contributed by atoms with Crippen molar-refractivity contribution in [3.05, 3.63) is 261 Å². The Hall–Kier alpha value is -8.26. The van der Waals surface area contributed by atoms with Gasteiger partial charge in [-0.2, -0.15) is 0 Å². The van der Waals surface area contributed by atoms with Crippen molar-refractivity contribution in [2.45, 2.75) is 0 Å². The normalized spacial score (nSPS) is 11.2. The van der Waals surface area contributed by atoms with Crippen molar-refractivity contribution in [1.29, 1.82) is 0 Å². The molecule has 0 aliphatic carbocycles. The molecule has 0 spiro atoms. The number of hydrogen-bond donors (Lipinski definition) is 0.